The summed E-state index contributed by atoms with van der Waals surface area (Å²) in [5.74, 6) is 0.764. The lowest BCUT2D eigenvalue weighted by Gasteiger charge is -1.99. The zero-order valence-electron chi connectivity index (χ0n) is 9.75. The number of hydrogen-bond donors (Lipinski definition) is 1. The van der Waals surface area contributed by atoms with Crippen molar-refractivity contribution in [2.24, 2.45) is 0 Å². The van der Waals surface area contributed by atoms with Crippen LogP contribution in [0.4, 0.5) is 5.69 Å². The van der Waals surface area contributed by atoms with Gasteiger partial charge in [-0.3, -0.25) is 4.98 Å². The molecule has 0 amide bonds. The van der Waals surface area contributed by atoms with E-state index in [1.54, 1.807) is 30.5 Å². The van der Waals surface area contributed by atoms with Crippen LogP contribution in [0, 0.1) is 0 Å². The normalized spacial score (nSPS) is 10.6. The molecule has 0 aliphatic heterocycles. The van der Waals surface area contributed by atoms with Gasteiger partial charge in [-0.2, -0.15) is 4.98 Å². The Hall–Kier alpha value is -2.40. The van der Waals surface area contributed by atoms with Gasteiger partial charge in [0.1, 0.15) is 5.69 Å². The molecule has 0 saturated carbocycles. The van der Waals surface area contributed by atoms with Gasteiger partial charge in [-0.15, -0.1) is 0 Å². The summed E-state index contributed by atoms with van der Waals surface area (Å²) < 4.78 is 5.20. The van der Waals surface area contributed by atoms with Crippen molar-refractivity contribution in [3.05, 3.63) is 47.6 Å². The quantitative estimate of drug-likeness (QED) is 0.726. The average molecular weight is 273 g/mol. The van der Waals surface area contributed by atoms with Crippen LogP contribution in [-0.4, -0.2) is 15.1 Å². The zero-order valence-corrected chi connectivity index (χ0v) is 10.5. The van der Waals surface area contributed by atoms with Crippen molar-refractivity contribution in [3.63, 3.8) is 0 Å². The molecule has 0 bridgehead atoms. The standard InChI is InChI=1S/C13H9ClN4O/c14-8-4-5-9(10(15)7-8)13-17-12(18-19-13)11-3-1-2-6-16-11/h1-7H,15H2. The molecule has 0 radical (unpaired) electrons. The fourth-order valence-electron chi connectivity index (χ4n) is 1.66. The van der Waals surface area contributed by atoms with E-state index in [9.17, 15) is 0 Å². The predicted molar refractivity (Wildman–Crippen MR) is 72.4 cm³/mol. The maximum atomic E-state index is 5.87. The van der Waals surface area contributed by atoms with Crippen LogP contribution >= 0.6 is 11.6 Å². The van der Waals surface area contributed by atoms with Gasteiger partial charge in [-0.05, 0) is 30.3 Å². The summed E-state index contributed by atoms with van der Waals surface area (Å²) in [6.07, 6.45) is 1.67. The molecule has 0 spiro atoms. The van der Waals surface area contributed by atoms with Crippen molar-refractivity contribution in [1.82, 2.24) is 15.1 Å². The summed E-state index contributed by atoms with van der Waals surface area (Å²) in [4.78, 5) is 8.43. The highest BCUT2D eigenvalue weighted by molar-refractivity contribution is 6.31. The summed E-state index contributed by atoms with van der Waals surface area (Å²) in [5.41, 5.74) is 7.66. The first-order valence-electron chi connectivity index (χ1n) is 5.54. The van der Waals surface area contributed by atoms with Crippen LogP contribution in [-0.2, 0) is 0 Å². The van der Waals surface area contributed by atoms with E-state index >= 15 is 0 Å². The third-order valence-electron chi connectivity index (χ3n) is 2.56. The Bertz CT molecular complexity index is 712. The Kier molecular flexibility index (Phi) is 2.89. The van der Waals surface area contributed by atoms with Crippen molar-refractivity contribution in [3.8, 4) is 23.0 Å². The van der Waals surface area contributed by atoms with Crippen molar-refractivity contribution in [1.29, 1.82) is 0 Å². The molecule has 3 aromatic rings. The lowest BCUT2D eigenvalue weighted by atomic mass is 10.2. The first-order valence-corrected chi connectivity index (χ1v) is 5.92. The second-order valence-corrected chi connectivity index (χ2v) is 4.31. The summed E-state index contributed by atoms with van der Waals surface area (Å²) in [6.45, 7) is 0. The van der Waals surface area contributed by atoms with Gasteiger partial charge in [0.25, 0.3) is 5.89 Å². The smallest absolute Gasteiger partial charge is 0.260 e. The Labute approximate surface area is 114 Å². The van der Waals surface area contributed by atoms with Crippen LogP contribution in [0.15, 0.2) is 47.1 Å². The third kappa shape index (κ3) is 2.28. The maximum Gasteiger partial charge on any atom is 0.260 e. The van der Waals surface area contributed by atoms with Crippen molar-refractivity contribution >= 4 is 17.3 Å². The minimum Gasteiger partial charge on any atom is -0.398 e. The van der Waals surface area contributed by atoms with Crippen LogP contribution < -0.4 is 5.73 Å². The number of aromatic nitrogens is 3. The molecule has 0 aliphatic carbocycles. The van der Waals surface area contributed by atoms with Gasteiger partial charge in [-0.25, -0.2) is 0 Å². The van der Waals surface area contributed by atoms with Gasteiger partial charge in [0.2, 0.25) is 5.82 Å². The number of nitrogens with two attached hydrogens (primary N) is 1. The molecule has 2 N–H and O–H groups in total. The number of nitrogens with zero attached hydrogens (tertiary/aromatic N) is 3. The Morgan fingerprint density at radius 2 is 2.05 bits per heavy atom. The number of rotatable bonds is 2. The molecule has 2 aromatic heterocycles. The number of nitrogen functional groups attached to an aromatic ring is 1. The van der Waals surface area contributed by atoms with Crippen LogP contribution in [0.25, 0.3) is 23.0 Å². The van der Waals surface area contributed by atoms with Crippen molar-refractivity contribution in [2.75, 3.05) is 5.73 Å². The van der Waals surface area contributed by atoms with Gasteiger partial charge in [0, 0.05) is 16.9 Å². The lowest BCUT2D eigenvalue weighted by molar-refractivity contribution is 0.432. The molecular formula is C13H9ClN4O. The van der Waals surface area contributed by atoms with E-state index in [1.807, 2.05) is 12.1 Å². The molecule has 0 fully saturated rings. The zero-order chi connectivity index (χ0) is 13.2. The summed E-state index contributed by atoms with van der Waals surface area (Å²) >= 11 is 5.85. The van der Waals surface area contributed by atoms with E-state index in [-0.39, 0.29) is 0 Å². The fourth-order valence-corrected chi connectivity index (χ4v) is 1.84. The molecule has 3 rings (SSSR count). The molecule has 0 atom stereocenters. The first-order chi connectivity index (χ1) is 9.24. The van der Waals surface area contributed by atoms with E-state index in [0.717, 1.165) is 0 Å². The average Bonchev–Trinajstić information content (AvgIpc) is 2.89. The lowest BCUT2D eigenvalue weighted by Crippen LogP contribution is -1.90. The van der Waals surface area contributed by atoms with Crippen molar-refractivity contribution in [2.45, 2.75) is 0 Å². The van der Waals surface area contributed by atoms with E-state index in [0.29, 0.717) is 33.7 Å². The van der Waals surface area contributed by atoms with E-state index < -0.39 is 0 Å². The number of hydrogen-bond acceptors (Lipinski definition) is 5. The molecule has 0 unspecified atom stereocenters. The molecule has 19 heavy (non-hydrogen) atoms. The Morgan fingerprint density at radius 1 is 1.16 bits per heavy atom. The second-order valence-electron chi connectivity index (χ2n) is 3.87. The molecular weight excluding hydrogens is 264 g/mol. The van der Waals surface area contributed by atoms with Crippen LogP contribution in [0.3, 0.4) is 0 Å². The highest BCUT2D eigenvalue weighted by atomic mass is 35.5. The molecule has 94 valence electrons. The van der Waals surface area contributed by atoms with Gasteiger partial charge >= 0.3 is 0 Å². The van der Waals surface area contributed by atoms with Crippen LogP contribution in [0.2, 0.25) is 5.02 Å². The largest absolute Gasteiger partial charge is 0.398 e. The monoisotopic (exact) mass is 272 g/mol. The molecule has 2 heterocycles. The molecule has 6 heteroatoms. The highest BCUT2D eigenvalue weighted by Crippen LogP contribution is 2.28. The van der Waals surface area contributed by atoms with E-state index in [1.165, 1.54) is 0 Å². The van der Waals surface area contributed by atoms with Crippen molar-refractivity contribution < 1.29 is 4.52 Å². The fraction of sp³-hybridized carbons (Fsp3) is 0. The van der Waals surface area contributed by atoms with Gasteiger partial charge in [0.15, 0.2) is 0 Å². The third-order valence-corrected chi connectivity index (χ3v) is 2.80. The summed E-state index contributed by atoms with van der Waals surface area (Å²) in [6, 6.07) is 10.6. The van der Waals surface area contributed by atoms with E-state index in [4.69, 9.17) is 21.9 Å². The minimum atomic E-state index is 0.342. The summed E-state index contributed by atoms with van der Waals surface area (Å²) in [7, 11) is 0. The van der Waals surface area contributed by atoms with Gasteiger partial charge < -0.3 is 10.3 Å². The SMILES string of the molecule is Nc1cc(Cl)ccc1-c1nc(-c2ccccn2)no1. The Balaban J connectivity index is 2.02. The summed E-state index contributed by atoms with van der Waals surface area (Å²) in [5, 5.41) is 4.45. The van der Waals surface area contributed by atoms with Gasteiger partial charge in [-0.1, -0.05) is 22.8 Å². The number of pyridine rings is 1. The number of anilines is 1. The second kappa shape index (κ2) is 4.70. The topological polar surface area (TPSA) is 77.8 Å². The highest BCUT2D eigenvalue weighted by Gasteiger charge is 2.13. The van der Waals surface area contributed by atoms with Crippen LogP contribution in [0.5, 0.6) is 0 Å². The van der Waals surface area contributed by atoms with Crippen LogP contribution in [0.1, 0.15) is 0 Å². The van der Waals surface area contributed by atoms with Gasteiger partial charge in [0.05, 0.1) is 5.56 Å². The van der Waals surface area contributed by atoms with E-state index in [2.05, 4.69) is 15.1 Å². The number of halogens is 1. The minimum absolute atomic E-state index is 0.342. The molecule has 5 nitrogen and oxygen atoms in total. The number of benzene rings is 1. The maximum absolute atomic E-state index is 5.87. The molecule has 1 aromatic carbocycles. The first kappa shape index (κ1) is 11.7. The molecule has 0 saturated heterocycles. The predicted octanol–water partition coefficient (Wildman–Crippen LogP) is 3.03. The molecule has 0 aliphatic rings. The Morgan fingerprint density at radius 3 is 2.79 bits per heavy atom.